The predicted molar refractivity (Wildman–Crippen MR) is 108 cm³/mol. The molecule has 1 aliphatic heterocycles. The summed E-state index contributed by atoms with van der Waals surface area (Å²) in [7, 11) is 1.72. The van der Waals surface area contributed by atoms with E-state index in [1.807, 2.05) is 0 Å². The highest BCUT2D eigenvalue weighted by Crippen LogP contribution is 2.34. The summed E-state index contributed by atoms with van der Waals surface area (Å²) in [5, 5.41) is 19.6. The maximum Gasteiger partial charge on any atom is 0.338 e. The van der Waals surface area contributed by atoms with Crippen molar-refractivity contribution < 1.29 is 19.2 Å². The molecule has 2 atom stereocenters. The van der Waals surface area contributed by atoms with Crippen LogP contribution in [0.3, 0.4) is 0 Å². The lowest BCUT2D eigenvalue weighted by Crippen LogP contribution is -2.44. The summed E-state index contributed by atoms with van der Waals surface area (Å²) in [5.41, 5.74) is -0.236. The molecule has 0 spiro atoms. The van der Waals surface area contributed by atoms with Crippen molar-refractivity contribution in [2.24, 2.45) is 18.9 Å². The molecule has 1 fully saturated rings. The van der Waals surface area contributed by atoms with E-state index in [-0.39, 0.29) is 23.8 Å². The zero-order valence-electron chi connectivity index (χ0n) is 17.0. The van der Waals surface area contributed by atoms with Crippen molar-refractivity contribution in [1.29, 1.82) is 0 Å². The smallest absolute Gasteiger partial charge is 0.338 e. The van der Waals surface area contributed by atoms with Gasteiger partial charge in [-0.3, -0.25) is 14.9 Å². The van der Waals surface area contributed by atoms with Gasteiger partial charge in [-0.1, -0.05) is 13.8 Å². The van der Waals surface area contributed by atoms with Crippen LogP contribution in [0.5, 0.6) is 0 Å². The van der Waals surface area contributed by atoms with Gasteiger partial charge >= 0.3 is 5.97 Å². The highest BCUT2D eigenvalue weighted by molar-refractivity contribution is 7.99. The van der Waals surface area contributed by atoms with Gasteiger partial charge in [-0.2, -0.15) is 0 Å². The predicted octanol–water partition coefficient (Wildman–Crippen LogP) is 2.54. The second kappa shape index (κ2) is 9.24. The Kier molecular flexibility index (Phi) is 6.70. The van der Waals surface area contributed by atoms with E-state index in [4.69, 9.17) is 4.74 Å². The Morgan fingerprint density at radius 1 is 1.30 bits per heavy atom. The van der Waals surface area contributed by atoms with E-state index in [1.54, 1.807) is 16.5 Å². The van der Waals surface area contributed by atoms with Gasteiger partial charge in [0.25, 0.3) is 11.6 Å². The molecule has 0 radical (unpaired) electrons. The van der Waals surface area contributed by atoms with E-state index in [2.05, 4.69) is 24.0 Å². The number of nitrogens with zero attached hydrogens (tertiary/aromatic N) is 5. The number of carbonyl (C=O) groups is 2. The Bertz CT molecular complexity index is 953. The van der Waals surface area contributed by atoms with Crippen LogP contribution >= 0.6 is 11.8 Å². The van der Waals surface area contributed by atoms with Crippen molar-refractivity contribution in [3.05, 3.63) is 40.2 Å². The fraction of sp³-hybridized carbons (Fsp3) is 0.474. The molecular formula is C19H23N5O5S. The first-order chi connectivity index (χ1) is 14.2. The number of nitro groups is 1. The van der Waals surface area contributed by atoms with Gasteiger partial charge in [0.15, 0.2) is 11.8 Å². The summed E-state index contributed by atoms with van der Waals surface area (Å²) >= 11 is 1.07. The van der Waals surface area contributed by atoms with Gasteiger partial charge < -0.3 is 14.2 Å². The number of nitro benzene ring substituents is 1. The van der Waals surface area contributed by atoms with Crippen LogP contribution in [0.4, 0.5) is 5.69 Å². The molecule has 2 aromatic rings. The van der Waals surface area contributed by atoms with Crippen molar-refractivity contribution in [1.82, 2.24) is 19.7 Å². The van der Waals surface area contributed by atoms with Crippen LogP contribution in [0, 0.1) is 22.0 Å². The minimum atomic E-state index is -0.778. The molecular weight excluding hydrogens is 410 g/mol. The number of piperidine rings is 1. The summed E-state index contributed by atoms with van der Waals surface area (Å²) < 4.78 is 6.76. The van der Waals surface area contributed by atoms with Crippen molar-refractivity contribution in [2.75, 3.05) is 19.7 Å². The number of benzene rings is 1. The summed E-state index contributed by atoms with van der Waals surface area (Å²) in [5.74, 6) is -0.240. The molecule has 2 heterocycles. The third kappa shape index (κ3) is 5.15. The molecule has 0 aliphatic carbocycles. The lowest BCUT2D eigenvalue weighted by atomic mass is 9.92. The fourth-order valence-corrected chi connectivity index (χ4v) is 4.36. The molecule has 1 aliphatic rings. The van der Waals surface area contributed by atoms with Gasteiger partial charge in [0.1, 0.15) is 6.33 Å². The number of rotatable bonds is 6. The standard InChI is InChI=1S/C19H23N5O5S/c1-12-6-13(2)9-23(8-12)17(25)10-29-18(26)14-4-5-16(15(7-14)24(27)28)30-19-21-20-11-22(19)3/h4-5,7,11-13H,6,8-10H2,1-3H3. The van der Waals surface area contributed by atoms with E-state index < -0.39 is 10.9 Å². The summed E-state index contributed by atoms with van der Waals surface area (Å²) in [6.45, 7) is 5.06. The molecule has 1 aromatic heterocycles. The number of amides is 1. The fourth-order valence-electron chi connectivity index (χ4n) is 3.51. The third-order valence-corrected chi connectivity index (χ3v) is 5.93. The van der Waals surface area contributed by atoms with Crippen LogP contribution in [0.15, 0.2) is 34.6 Å². The lowest BCUT2D eigenvalue weighted by molar-refractivity contribution is -0.387. The summed E-state index contributed by atoms with van der Waals surface area (Å²) in [6, 6.07) is 4.05. The maximum absolute atomic E-state index is 12.4. The first kappa shape index (κ1) is 21.8. The summed E-state index contributed by atoms with van der Waals surface area (Å²) in [4.78, 5) is 37.7. The molecule has 11 heteroatoms. The van der Waals surface area contributed by atoms with Gasteiger partial charge in [-0.25, -0.2) is 4.79 Å². The Morgan fingerprint density at radius 3 is 2.60 bits per heavy atom. The second-order valence-corrected chi connectivity index (χ2v) is 8.60. The molecule has 0 saturated carbocycles. The third-order valence-electron chi connectivity index (χ3n) is 4.81. The van der Waals surface area contributed by atoms with Gasteiger partial charge in [-0.15, -0.1) is 10.2 Å². The van der Waals surface area contributed by atoms with Gasteiger partial charge in [0.2, 0.25) is 0 Å². The van der Waals surface area contributed by atoms with E-state index in [9.17, 15) is 19.7 Å². The molecule has 0 bridgehead atoms. The van der Waals surface area contributed by atoms with Crippen molar-refractivity contribution in [2.45, 2.75) is 30.3 Å². The van der Waals surface area contributed by atoms with Crippen LogP contribution in [0.1, 0.15) is 30.6 Å². The van der Waals surface area contributed by atoms with E-state index in [0.717, 1.165) is 24.2 Å². The van der Waals surface area contributed by atoms with E-state index >= 15 is 0 Å². The number of aromatic nitrogens is 3. The van der Waals surface area contributed by atoms with Crippen LogP contribution < -0.4 is 0 Å². The topological polar surface area (TPSA) is 120 Å². The molecule has 1 aromatic carbocycles. The van der Waals surface area contributed by atoms with Crippen LogP contribution in [0.2, 0.25) is 0 Å². The Labute approximate surface area is 177 Å². The lowest BCUT2D eigenvalue weighted by Gasteiger charge is -2.34. The second-order valence-electron chi connectivity index (χ2n) is 7.59. The maximum atomic E-state index is 12.4. The monoisotopic (exact) mass is 433 g/mol. The van der Waals surface area contributed by atoms with Crippen LogP contribution in [0.25, 0.3) is 0 Å². The SMILES string of the molecule is CC1CC(C)CN(C(=O)COC(=O)c2ccc(Sc3nncn3C)c([N+](=O)[O-])c2)C1. The Hall–Kier alpha value is -2.95. The number of hydrogen-bond acceptors (Lipinski definition) is 8. The van der Waals surface area contributed by atoms with Crippen molar-refractivity contribution in [3.63, 3.8) is 0 Å². The Morgan fingerprint density at radius 2 is 2.00 bits per heavy atom. The molecule has 1 amide bonds. The number of carbonyl (C=O) groups excluding carboxylic acids is 2. The van der Waals surface area contributed by atoms with Crippen LogP contribution in [-0.4, -0.2) is 56.2 Å². The largest absolute Gasteiger partial charge is 0.452 e. The zero-order valence-corrected chi connectivity index (χ0v) is 17.8. The highest BCUT2D eigenvalue weighted by Gasteiger charge is 2.26. The summed E-state index contributed by atoms with van der Waals surface area (Å²) in [6.07, 6.45) is 2.55. The van der Waals surface area contributed by atoms with Gasteiger partial charge in [-0.05, 0) is 42.2 Å². The Balaban J connectivity index is 1.67. The zero-order chi connectivity index (χ0) is 21.8. The highest BCUT2D eigenvalue weighted by atomic mass is 32.2. The van der Waals surface area contributed by atoms with E-state index in [1.165, 1.54) is 18.5 Å². The quantitative estimate of drug-likeness (QED) is 0.387. The average Bonchev–Trinajstić information content (AvgIpc) is 3.09. The average molecular weight is 433 g/mol. The van der Waals surface area contributed by atoms with Gasteiger partial charge in [0.05, 0.1) is 15.4 Å². The first-order valence-corrected chi connectivity index (χ1v) is 10.3. The molecule has 30 heavy (non-hydrogen) atoms. The van der Waals surface area contributed by atoms with Crippen molar-refractivity contribution in [3.8, 4) is 0 Å². The minimum Gasteiger partial charge on any atom is -0.452 e. The number of esters is 1. The molecule has 0 N–H and O–H groups in total. The number of ether oxygens (including phenoxy) is 1. The van der Waals surface area contributed by atoms with E-state index in [0.29, 0.717) is 35.0 Å². The normalized spacial score (nSPS) is 18.8. The minimum absolute atomic E-state index is 0.0113. The van der Waals surface area contributed by atoms with Gasteiger partial charge in [0, 0.05) is 26.2 Å². The molecule has 2 unspecified atom stereocenters. The number of likely N-dealkylation sites (tertiary alicyclic amines) is 1. The molecule has 3 rings (SSSR count). The number of hydrogen-bond donors (Lipinski definition) is 0. The molecule has 10 nitrogen and oxygen atoms in total. The van der Waals surface area contributed by atoms with Crippen LogP contribution in [-0.2, 0) is 16.6 Å². The first-order valence-electron chi connectivity index (χ1n) is 9.49. The molecule has 1 saturated heterocycles. The molecule has 160 valence electrons. The number of aryl methyl sites for hydroxylation is 1. The van der Waals surface area contributed by atoms with Crippen molar-refractivity contribution >= 4 is 29.3 Å².